The quantitative estimate of drug-likeness (QED) is 0.719. The molecule has 0 atom stereocenters. The van der Waals surface area contributed by atoms with Gasteiger partial charge in [0.05, 0.1) is 12.5 Å². The molecular formula is C8H4ClF3N2. The van der Waals surface area contributed by atoms with Crippen LogP contribution >= 0.6 is 11.6 Å². The van der Waals surface area contributed by atoms with Gasteiger partial charge in [-0.25, -0.2) is 18.2 Å². The summed E-state index contributed by atoms with van der Waals surface area (Å²) in [5, 5.41) is 7.95. The van der Waals surface area contributed by atoms with Crippen molar-refractivity contribution >= 4 is 11.6 Å². The van der Waals surface area contributed by atoms with E-state index >= 15 is 0 Å². The molecule has 6 heteroatoms. The Morgan fingerprint density at radius 2 is 2.21 bits per heavy atom. The van der Waals surface area contributed by atoms with Crippen molar-refractivity contribution in [1.29, 1.82) is 5.26 Å². The van der Waals surface area contributed by atoms with Crippen molar-refractivity contribution < 1.29 is 13.2 Å². The highest BCUT2D eigenvalue weighted by Gasteiger charge is 2.19. The van der Waals surface area contributed by atoms with Gasteiger partial charge < -0.3 is 0 Å². The summed E-state index contributed by atoms with van der Waals surface area (Å²) >= 11 is 5.30. The zero-order valence-corrected chi connectivity index (χ0v) is 7.52. The number of aromatic nitrogens is 1. The van der Waals surface area contributed by atoms with Crippen molar-refractivity contribution in [3.63, 3.8) is 0 Å². The summed E-state index contributed by atoms with van der Waals surface area (Å²) < 4.78 is 37.7. The lowest BCUT2D eigenvalue weighted by Crippen LogP contribution is -2.02. The first kappa shape index (κ1) is 10.8. The van der Waals surface area contributed by atoms with Crippen molar-refractivity contribution in [2.24, 2.45) is 0 Å². The minimum atomic E-state index is -2.94. The second-order valence-electron chi connectivity index (χ2n) is 2.43. The molecule has 0 radical (unpaired) electrons. The summed E-state index contributed by atoms with van der Waals surface area (Å²) in [5.41, 5.74) is -1.16. The van der Waals surface area contributed by atoms with E-state index in [2.05, 4.69) is 4.98 Å². The molecule has 0 bridgehead atoms. The Morgan fingerprint density at radius 1 is 1.57 bits per heavy atom. The third-order valence-electron chi connectivity index (χ3n) is 1.53. The maximum Gasteiger partial charge on any atom is 0.280 e. The molecule has 0 fully saturated rings. The Bertz CT molecular complexity index is 387. The maximum atomic E-state index is 13.0. The van der Waals surface area contributed by atoms with E-state index < -0.39 is 29.9 Å². The third kappa shape index (κ3) is 2.15. The van der Waals surface area contributed by atoms with Gasteiger partial charge in [-0.2, -0.15) is 5.26 Å². The first-order valence-corrected chi connectivity index (χ1v) is 3.94. The Labute approximate surface area is 82.9 Å². The van der Waals surface area contributed by atoms with Crippen molar-refractivity contribution in [3.05, 3.63) is 28.3 Å². The number of rotatable bonds is 2. The van der Waals surface area contributed by atoms with Crippen LogP contribution in [0.5, 0.6) is 0 Å². The summed E-state index contributed by atoms with van der Waals surface area (Å²) in [6.07, 6.45) is -3.39. The fraction of sp³-hybridized carbons (Fsp3) is 0.250. The van der Waals surface area contributed by atoms with Crippen molar-refractivity contribution in [1.82, 2.24) is 4.98 Å². The molecule has 0 aliphatic carbocycles. The molecular weight excluding hydrogens is 217 g/mol. The van der Waals surface area contributed by atoms with Crippen LogP contribution in [0.25, 0.3) is 0 Å². The van der Waals surface area contributed by atoms with Gasteiger partial charge in [0, 0.05) is 11.6 Å². The van der Waals surface area contributed by atoms with Crippen molar-refractivity contribution in [2.45, 2.75) is 12.8 Å². The van der Waals surface area contributed by atoms with Gasteiger partial charge in [-0.1, -0.05) is 11.6 Å². The lowest BCUT2D eigenvalue weighted by Gasteiger charge is -2.06. The third-order valence-corrected chi connectivity index (χ3v) is 1.73. The summed E-state index contributed by atoms with van der Waals surface area (Å²) in [5.74, 6) is -0.929. The van der Waals surface area contributed by atoms with Crippen LogP contribution in [0.2, 0.25) is 5.15 Å². The molecule has 0 unspecified atom stereocenters. The summed E-state index contributed by atoms with van der Waals surface area (Å²) in [7, 11) is 0. The SMILES string of the molecule is N#CCc1c(F)cc(Cl)nc1C(F)F. The van der Waals surface area contributed by atoms with Crippen molar-refractivity contribution in [2.75, 3.05) is 0 Å². The predicted molar refractivity (Wildman–Crippen MR) is 43.5 cm³/mol. The van der Waals surface area contributed by atoms with E-state index in [0.717, 1.165) is 6.07 Å². The van der Waals surface area contributed by atoms with Gasteiger partial charge >= 0.3 is 0 Å². The highest BCUT2D eigenvalue weighted by atomic mass is 35.5. The van der Waals surface area contributed by atoms with Gasteiger partial charge in [0.2, 0.25) is 0 Å². The fourth-order valence-corrected chi connectivity index (χ4v) is 1.15. The zero-order valence-electron chi connectivity index (χ0n) is 6.77. The number of pyridine rings is 1. The van der Waals surface area contributed by atoms with Crippen LogP contribution < -0.4 is 0 Å². The van der Waals surface area contributed by atoms with Crippen LogP contribution in [0.3, 0.4) is 0 Å². The predicted octanol–water partition coefficient (Wildman–Crippen LogP) is 2.88. The minimum absolute atomic E-state index is 0.348. The van der Waals surface area contributed by atoms with Crippen LogP contribution in [-0.4, -0.2) is 4.98 Å². The molecule has 1 aromatic heterocycles. The van der Waals surface area contributed by atoms with E-state index in [1.165, 1.54) is 0 Å². The topological polar surface area (TPSA) is 36.7 Å². The second kappa shape index (κ2) is 4.29. The number of alkyl halides is 2. The Kier molecular flexibility index (Phi) is 3.31. The van der Waals surface area contributed by atoms with Gasteiger partial charge in [-0.3, -0.25) is 0 Å². The molecule has 14 heavy (non-hydrogen) atoms. The number of halogens is 4. The largest absolute Gasteiger partial charge is 0.280 e. The van der Waals surface area contributed by atoms with Crippen molar-refractivity contribution in [3.8, 4) is 6.07 Å². The monoisotopic (exact) mass is 220 g/mol. The lowest BCUT2D eigenvalue weighted by atomic mass is 10.1. The summed E-state index contributed by atoms with van der Waals surface area (Å²) in [6.45, 7) is 0. The standard InChI is InChI=1S/C8H4ClF3N2/c9-6-3-5(10)4(1-2-13)7(14-6)8(11)12/h3,8H,1H2. The normalized spacial score (nSPS) is 10.3. The Hall–Kier alpha value is -1.28. The molecule has 0 amide bonds. The van der Waals surface area contributed by atoms with E-state index in [4.69, 9.17) is 16.9 Å². The molecule has 1 rings (SSSR count). The zero-order chi connectivity index (χ0) is 10.7. The first-order chi connectivity index (χ1) is 6.56. The molecule has 0 saturated heterocycles. The smallest absolute Gasteiger partial charge is 0.235 e. The van der Waals surface area contributed by atoms with E-state index in [0.29, 0.717) is 0 Å². The molecule has 74 valence electrons. The second-order valence-corrected chi connectivity index (χ2v) is 2.81. The molecule has 0 aromatic carbocycles. The molecule has 0 saturated carbocycles. The van der Waals surface area contributed by atoms with Crippen LogP contribution in [-0.2, 0) is 6.42 Å². The Morgan fingerprint density at radius 3 is 2.71 bits per heavy atom. The van der Waals surface area contributed by atoms with Gasteiger partial charge in [0.25, 0.3) is 6.43 Å². The molecule has 0 N–H and O–H groups in total. The molecule has 0 spiro atoms. The number of nitrogens with zero attached hydrogens (tertiary/aromatic N) is 2. The highest BCUT2D eigenvalue weighted by molar-refractivity contribution is 6.29. The Balaban J connectivity index is 3.30. The van der Waals surface area contributed by atoms with E-state index in [1.54, 1.807) is 6.07 Å². The van der Waals surface area contributed by atoms with Crippen LogP contribution in [0.1, 0.15) is 17.7 Å². The van der Waals surface area contributed by atoms with Crippen LogP contribution in [0.4, 0.5) is 13.2 Å². The average molecular weight is 221 g/mol. The van der Waals surface area contributed by atoms with Gasteiger partial charge in [0.15, 0.2) is 0 Å². The number of hydrogen-bond donors (Lipinski definition) is 0. The molecule has 0 aliphatic rings. The molecule has 0 aliphatic heterocycles. The maximum absolute atomic E-state index is 13.0. The van der Waals surface area contributed by atoms with Gasteiger partial charge in [0.1, 0.15) is 16.7 Å². The lowest BCUT2D eigenvalue weighted by molar-refractivity contribution is 0.144. The van der Waals surface area contributed by atoms with E-state index in [1.807, 2.05) is 0 Å². The van der Waals surface area contributed by atoms with Gasteiger partial charge in [-0.15, -0.1) is 0 Å². The van der Waals surface area contributed by atoms with E-state index in [9.17, 15) is 13.2 Å². The fourth-order valence-electron chi connectivity index (χ4n) is 0.963. The van der Waals surface area contributed by atoms with Gasteiger partial charge in [-0.05, 0) is 0 Å². The highest BCUT2D eigenvalue weighted by Crippen LogP contribution is 2.25. The first-order valence-electron chi connectivity index (χ1n) is 3.56. The van der Waals surface area contributed by atoms with Crippen LogP contribution in [0, 0.1) is 17.1 Å². The summed E-state index contributed by atoms with van der Waals surface area (Å²) in [6, 6.07) is 2.39. The number of nitriles is 1. The van der Waals surface area contributed by atoms with Crippen LogP contribution in [0.15, 0.2) is 6.07 Å². The van der Waals surface area contributed by atoms with E-state index in [-0.39, 0.29) is 5.15 Å². The summed E-state index contributed by atoms with van der Waals surface area (Å²) in [4.78, 5) is 3.28. The number of hydrogen-bond acceptors (Lipinski definition) is 2. The average Bonchev–Trinajstić information content (AvgIpc) is 2.09. The molecule has 1 aromatic rings. The molecule has 2 nitrogen and oxygen atoms in total. The molecule has 1 heterocycles. The minimum Gasteiger partial charge on any atom is -0.235 e.